The molecular formula is C16H32O4S. The van der Waals surface area contributed by atoms with E-state index >= 15 is 0 Å². The molecule has 0 radical (unpaired) electrons. The van der Waals surface area contributed by atoms with Crippen LogP contribution in [0.2, 0.25) is 0 Å². The third kappa shape index (κ3) is 9.04. The molecular weight excluding hydrogens is 288 g/mol. The van der Waals surface area contributed by atoms with Crippen molar-refractivity contribution in [2.75, 3.05) is 59.1 Å². The van der Waals surface area contributed by atoms with E-state index in [9.17, 15) is 0 Å². The Hall–Kier alpha value is 0.190. The number of rotatable bonds is 12. The van der Waals surface area contributed by atoms with Crippen LogP contribution in [-0.2, 0) is 18.9 Å². The summed E-state index contributed by atoms with van der Waals surface area (Å²) in [6, 6.07) is 0. The fourth-order valence-corrected chi connectivity index (χ4v) is 3.10. The zero-order valence-electron chi connectivity index (χ0n) is 13.5. The molecule has 0 aromatic carbocycles. The molecule has 0 saturated heterocycles. The first-order valence-electron chi connectivity index (χ1n) is 8.16. The summed E-state index contributed by atoms with van der Waals surface area (Å²) in [5.74, 6) is 0.932. The van der Waals surface area contributed by atoms with Crippen LogP contribution < -0.4 is 0 Å². The van der Waals surface area contributed by atoms with E-state index in [1.54, 1.807) is 7.11 Å². The Labute approximate surface area is 135 Å². The molecule has 0 aromatic heterocycles. The van der Waals surface area contributed by atoms with Gasteiger partial charge in [-0.1, -0.05) is 25.7 Å². The Balaban J connectivity index is 1.97. The SMILES string of the molecule is COCCOCCOCCOCC1(CS)CCCCCC1. The summed E-state index contributed by atoms with van der Waals surface area (Å²) in [6.07, 6.45) is 7.87. The van der Waals surface area contributed by atoms with Gasteiger partial charge in [0.1, 0.15) is 0 Å². The van der Waals surface area contributed by atoms with E-state index in [0.717, 1.165) is 12.4 Å². The van der Waals surface area contributed by atoms with Crippen molar-refractivity contribution >= 4 is 12.6 Å². The fraction of sp³-hybridized carbons (Fsp3) is 1.00. The molecule has 0 spiro atoms. The smallest absolute Gasteiger partial charge is 0.0701 e. The Morgan fingerprint density at radius 2 is 1.29 bits per heavy atom. The van der Waals surface area contributed by atoms with Gasteiger partial charge in [0.25, 0.3) is 0 Å². The third-order valence-electron chi connectivity index (χ3n) is 4.08. The van der Waals surface area contributed by atoms with Crippen molar-refractivity contribution in [3.8, 4) is 0 Å². The molecule has 0 aliphatic heterocycles. The van der Waals surface area contributed by atoms with Gasteiger partial charge < -0.3 is 18.9 Å². The number of thiol groups is 1. The summed E-state index contributed by atoms with van der Waals surface area (Å²) in [4.78, 5) is 0. The molecule has 0 heterocycles. The zero-order chi connectivity index (χ0) is 15.2. The van der Waals surface area contributed by atoms with Crippen LogP contribution in [0, 0.1) is 5.41 Å². The highest BCUT2D eigenvalue weighted by atomic mass is 32.1. The maximum atomic E-state index is 5.83. The first-order valence-corrected chi connectivity index (χ1v) is 8.79. The van der Waals surface area contributed by atoms with Gasteiger partial charge >= 0.3 is 0 Å². The van der Waals surface area contributed by atoms with Crippen molar-refractivity contribution in [2.45, 2.75) is 38.5 Å². The standard InChI is InChI=1S/C16H32O4S/c1-17-8-9-18-10-11-19-12-13-20-14-16(15-21)6-4-2-3-5-7-16/h21H,2-15H2,1H3. The van der Waals surface area contributed by atoms with E-state index in [1.807, 2.05) is 0 Å². The highest BCUT2D eigenvalue weighted by Crippen LogP contribution is 2.36. The number of hydrogen-bond acceptors (Lipinski definition) is 5. The van der Waals surface area contributed by atoms with E-state index in [4.69, 9.17) is 18.9 Å². The van der Waals surface area contributed by atoms with Crippen LogP contribution in [0.3, 0.4) is 0 Å². The second-order valence-electron chi connectivity index (χ2n) is 5.84. The lowest BCUT2D eigenvalue weighted by molar-refractivity contribution is -0.0136. The Bertz CT molecular complexity index is 230. The minimum Gasteiger partial charge on any atom is -0.382 e. The van der Waals surface area contributed by atoms with Crippen molar-refractivity contribution < 1.29 is 18.9 Å². The number of hydrogen-bond donors (Lipinski definition) is 1. The van der Waals surface area contributed by atoms with Crippen LogP contribution in [0.25, 0.3) is 0 Å². The Kier molecular flexibility index (Phi) is 11.6. The average molecular weight is 320 g/mol. The van der Waals surface area contributed by atoms with E-state index in [0.29, 0.717) is 45.1 Å². The van der Waals surface area contributed by atoms with Crippen LogP contribution >= 0.6 is 12.6 Å². The second kappa shape index (κ2) is 12.7. The summed E-state index contributed by atoms with van der Waals surface area (Å²) in [7, 11) is 1.67. The number of ether oxygens (including phenoxy) is 4. The van der Waals surface area contributed by atoms with Crippen LogP contribution in [0.15, 0.2) is 0 Å². The highest BCUT2D eigenvalue weighted by molar-refractivity contribution is 7.80. The molecule has 21 heavy (non-hydrogen) atoms. The monoisotopic (exact) mass is 320 g/mol. The normalized spacial score (nSPS) is 18.6. The molecule has 0 atom stereocenters. The molecule has 4 nitrogen and oxygen atoms in total. The van der Waals surface area contributed by atoms with Crippen molar-refractivity contribution in [2.24, 2.45) is 5.41 Å². The quantitative estimate of drug-likeness (QED) is 0.341. The van der Waals surface area contributed by atoms with Crippen molar-refractivity contribution in [3.63, 3.8) is 0 Å². The Morgan fingerprint density at radius 1 is 0.762 bits per heavy atom. The van der Waals surface area contributed by atoms with Gasteiger partial charge in [0.2, 0.25) is 0 Å². The third-order valence-corrected chi connectivity index (χ3v) is 4.75. The minimum atomic E-state index is 0.295. The second-order valence-corrected chi connectivity index (χ2v) is 6.16. The van der Waals surface area contributed by atoms with Crippen LogP contribution in [0.1, 0.15) is 38.5 Å². The summed E-state index contributed by atoms with van der Waals surface area (Å²) in [5, 5.41) is 0. The van der Waals surface area contributed by atoms with E-state index < -0.39 is 0 Å². The lowest BCUT2D eigenvalue weighted by Crippen LogP contribution is -2.29. The zero-order valence-corrected chi connectivity index (χ0v) is 14.4. The van der Waals surface area contributed by atoms with Gasteiger partial charge in [-0.05, 0) is 18.6 Å². The van der Waals surface area contributed by atoms with Gasteiger partial charge in [0.15, 0.2) is 0 Å². The average Bonchev–Trinajstić information content (AvgIpc) is 2.75. The molecule has 0 bridgehead atoms. The number of methoxy groups -OCH3 is 1. The molecule has 1 aliphatic carbocycles. The lowest BCUT2D eigenvalue weighted by Gasteiger charge is -2.30. The van der Waals surface area contributed by atoms with Gasteiger partial charge in [-0.25, -0.2) is 0 Å². The molecule has 1 fully saturated rings. The van der Waals surface area contributed by atoms with Crippen LogP contribution in [0.5, 0.6) is 0 Å². The molecule has 0 N–H and O–H groups in total. The predicted octanol–water partition coefficient (Wildman–Crippen LogP) is 2.95. The van der Waals surface area contributed by atoms with E-state index in [-0.39, 0.29) is 0 Å². The molecule has 1 aliphatic rings. The van der Waals surface area contributed by atoms with Crippen molar-refractivity contribution in [3.05, 3.63) is 0 Å². The van der Waals surface area contributed by atoms with Crippen molar-refractivity contribution in [1.82, 2.24) is 0 Å². The van der Waals surface area contributed by atoms with Gasteiger partial charge in [0.05, 0.1) is 46.2 Å². The van der Waals surface area contributed by atoms with E-state index in [2.05, 4.69) is 12.6 Å². The summed E-state index contributed by atoms with van der Waals surface area (Å²) in [5.41, 5.74) is 0.295. The van der Waals surface area contributed by atoms with E-state index in [1.165, 1.54) is 38.5 Å². The molecule has 0 unspecified atom stereocenters. The van der Waals surface area contributed by atoms with Crippen LogP contribution in [0.4, 0.5) is 0 Å². The van der Waals surface area contributed by atoms with Gasteiger partial charge in [-0.15, -0.1) is 0 Å². The fourth-order valence-electron chi connectivity index (χ4n) is 2.70. The Morgan fingerprint density at radius 3 is 1.81 bits per heavy atom. The molecule has 126 valence electrons. The predicted molar refractivity (Wildman–Crippen MR) is 88.3 cm³/mol. The molecule has 0 amide bonds. The van der Waals surface area contributed by atoms with Gasteiger partial charge in [-0.3, -0.25) is 0 Å². The summed E-state index contributed by atoms with van der Waals surface area (Å²) < 4.78 is 21.5. The molecule has 0 aromatic rings. The van der Waals surface area contributed by atoms with Gasteiger partial charge in [-0.2, -0.15) is 12.6 Å². The van der Waals surface area contributed by atoms with Gasteiger partial charge in [0, 0.05) is 12.5 Å². The topological polar surface area (TPSA) is 36.9 Å². The molecule has 5 heteroatoms. The largest absolute Gasteiger partial charge is 0.382 e. The molecule has 1 rings (SSSR count). The maximum absolute atomic E-state index is 5.83. The summed E-state index contributed by atoms with van der Waals surface area (Å²) in [6.45, 7) is 4.61. The van der Waals surface area contributed by atoms with Crippen molar-refractivity contribution in [1.29, 1.82) is 0 Å². The maximum Gasteiger partial charge on any atom is 0.0701 e. The highest BCUT2D eigenvalue weighted by Gasteiger charge is 2.29. The summed E-state index contributed by atoms with van der Waals surface area (Å²) >= 11 is 4.56. The lowest BCUT2D eigenvalue weighted by atomic mass is 9.83. The molecule has 1 saturated carbocycles. The van der Waals surface area contributed by atoms with Crippen LogP contribution in [-0.4, -0.2) is 59.1 Å². The minimum absolute atomic E-state index is 0.295. The first-order chi connectivity index (χ1) is 10.3. The first kappa shape index (κ1) is 19.2.